The van der Waals surface area contributed by atoms with E-state index in [9.17, 15) is 0 Å². The summed E-state index contributed by atoms with van der Waals surface area (Å²) in [5, 5.41) is 5.70. The van der Waals surface area contributed by atoms with Gasteiger partial charge in [-0.05, 0) is 134 Å². The molecular formula is C94H56N6O2S2. The minimum atomic E-state index is 0.603. The van der Waals surface area contributed by atoms with Crippen LogP contribution in [0.25, 0.3) is 209 Å². The molecule has 486 valence electrons. The molecule has 0 fully saturated rings. The highest BCUT2D eigenvalue weighted by atomic mass is 32.1. The van der Waals surface area contributed by atoms with Crippen LogP contribution in [0.5, 0.6) is 0 Å². The van der Waals surface area contributed by atoms with E-state index in [-0.39, 0.29) is 0 Å². The molecule has 0 saturated carbocycles. The molecule has 6 aromatic heterocycles. The van der Waals surface area contributed by atoms with E-state index >= 15 is 0 Å². The monoisotopic (exact) mass is 1360 g/mol. The van der Waals surface area contributed by atoms with Crippen molar-refractivity contribution in [2.45, 2.75) is 0 Å². The van der Waals surface area contributed by atoms with Crippen molar-refractivity contribution >= 4 is 87.0 Å². The van der Waals surface area contributed by atoms with Gasteiger partial charge in [-0.2, -0.15) is 0 Å². The average Bonchev–Trinajstić information content (AvgIpc) is 1.58. The second-order valence-corrected chi connectivity index (χ2v) is 28.1. The van der Waals surface area contributed by atoms with Gasteiger partial charge in [-0.25, -0.2) is 29.9 Å². The summed E-state index contributed by atoms with van der Waals surface area (Å²) >= 11 is 3.34. The van der Waals surface area contributed by atoms with Gasteiger partial charge in [-0.1, -0.05) is 261 Å². The lowest BCUT2D eigenvalue weighted by molar-refractivity contribution is 0.669. The number of aromatic nitrogens is 6. The van der Waals surface area contributed by atoms with Gasteiger partial charge in [0, 0.05) is 54.9 Å². The summed E-state index contributed by atoms with van der Waals surface area (Å²) in [6, 6.07) is 119. The zero-order valence-corrected chi connectivity index (χ0v) is 57.3. The van der Waals surface area contributed by atoms with E-state index in [1.807, 2.05) is 42.5 Å². The Morgan fingerprint density at radius 3 is 1.16 bits per heavy atom. The molecule has 0 aliphatic rings. The maximum Gasteiger partial charge on any atom is 0.161 e. The zero-order valence-electron chi connectivity index (χ0n) is 55.6. The lowest BCUT2D eigenvalue weighted by Crippen LogP contribution is -1.96. The van der Waals surface area contributed by atoms with Crippen molar-refractivity contribution in [2.75, 3.05) is 0 Å². The van der Waals surface area contributed by atoms with E-state index in [4.69, 9.17) is 38.7 Å². The van der Waals surface area contributed by atoms with Crippen LogP contribution in [0.4, 0.5) is 0 Å². The Balaban J connectivity index is 0.638. The van der Waals surface area contributed by atoms with E-state index in [2.05, 4.69) is 297 Å². The first-order chi connectivity index (χ1) is 51.5. The molecule has 20 aromatic rings. The average molecular weight is 1370 g/mol. The fourth-order valence-corrected chi connectivity index (χ4v) is 16.5. The predicted molar refractivity (Wildman–Crippen MR) is 429 cm³/mol. The summed E-state index contributed by atoms with van der Waals surface area (Å²) in [6.45, 7) is 0. The number of benzene rings is 14. The van der Waals surface area contributed by atoms with Crippen LogP contribution in [0, 0.1) is 0 Å². The van der Waals surface area contributed by atoms with Gasteiger partial charge in [-0.15, -0.1) is 22.7 Å². The van der Waals surface area contributed by atoms with Crippen LogP contribution in [0.2, 0.25) is 0 Å². The van der Waals surface area contributed by atoms with Gasteiger partial charge in [0.15, 0.2) is 11.6 Å². The van der Waals surface area contributed by atoms with E-state index in [1.165, 1.54) is 0 Å². The van der Waals surface area contributed by atoms with E-state index < -0.39 is 0 Å². The van der Waals surface area contributed by atoms with Crippen molar-refractivity contribution in [1.82, 2.24) is 29.9 Å². The van der Waals surface area contributed by atoms with Crippen LogP contribution in [-0.2, 0) is 0 Å². The summed E-state index contributed by atoms with van der Waals surface area (Å²) in [7, 11) is 0. The Hall–Kier alpha value is -13.4. The van der Waals surface area contributed by atoms with Gasteiger partial charge in [0.05, 0.1) is 54.3 Å². The summed E-state index contributed by atoms with van der Waals surface area (Å²) in [5.74, 6) is 1.24. The number of rotatable bonds is 13. The van der Waals surface area contributed by atoms with Crippen molar-refractivity contribution in [3.05, 3.63) is 340 Å². The molecule has 0 bridgehead atoms. The number of thiazole rings is 2. The normalized spacial score (nSPS) is 11.7. The van der Waals surface area contributed by atoms with Crippen molar-refractivity contribution < 1.29 is 8.83 Å². The van der Waals surface area contributed by atoms with Crippen molar-refractivity contribution in [3.8, 4) is 145 Å². The van der Waals surface area contributed by atoms with Crippen LogP contribution in [-0.4, -0.2) is 29.9 Å². The summed E-state index contributed by atoms with van der Waals surface area (Å²) in [6.07, 6.45) is 0. The largest absolute Gasteiger partial charge is 0.455 e. The highest BCUT2D eigenvalue weighted by Gasteiger charge is 2.24. The molecule has 6 heterocycles. The second kappa shape index (κ2) is 25.4. The maximum atomic E-state index is 6.96. The fraction of sp³-hybridized carbons (Fsp3) is 0. The number of hydrogen-bond donors (Lipinski definition) is 0. The summed E-state index contributed by atoms with van der Waals surface area (Å²) in [4.78, 5) is 31.9. The first kappa shape index (κ1) is 60.6. The molecular weight excluding hydrogens is 1310 g/mol. The van der Waals surface area contributed by atoms with Crippen LogP contribution >= 0.6 is 22.7 Å². The topological polar surface area (TPSA) is 104 Å². The summed E-state index contributed by atoms with van der Waals surface area (Å²) < 4.78 is 16.0. The number of hydrogen-bond acceptors (Lipinski definition) is 10. The Morgan fingerprint density at radius 1 is 0.212 bits per heavy atom. The standard InChI is InChI=1S/C94H56N6O2S2/c1-4-19-57(20-5-1)60-41-45-62(46-42-60)79-55-81(97-92(96-79)74-34-18-39-84-88(74)73-33-16-35-75(90(73)102-84)93-99-77-37-10-11-40-85(77)103-93)69-29-13-28-67(52-69)65-26-12-27-66(51-65)68-49-50-78-86(54-68)104-94(100-78)76-36-15-32-72-87-71(31-17-38-83(87)101-89(72)76)82-56-80(63-47-43-61(44-48-63)58-21-6-2-7-22-58)95-91(98-82)70-30-14-25-64(53-70)59-23-8-3-9-24-59/h1-56H. The highest BCUT2D eigenvalue weighted by Crippen LogP contribution is 2.46. The van der Waals surface area contributed by atoms with Gasteiger partial charge < -0.3 is 8.83 Å². The molecule has 0 aliphatic carbocycles. The van der Waals surface area contributed by atoms with E-state index in [1.54, 1.807) is 22.7 Å². The van der Waals surface area contributed by atoms with Gasteiger partial charge in [0.25, 0.3) is 0 Å². The second-order valence-electron chi connectivity index (χ2n) is 26.0. The minimum Gasteiger partial charge on any atom is -0.455 e. The molecule has 0 radical (unpaired) electrons. The third-order valence-corrected chi connectivity index (χ3v) is 21.8. The van der Waals surface area contributed by atoms with Gasteiger partial charge >= 0.3 is 0 Å². The Kier molecular flexibility index (Phi) is 14.8. The molecule has 0 spiro atoms. The van der Waals surface area contributed by atoms with Gasteiger partial charge in [0.2, 0.25) is 0 Å². The number of fused-ring (bicyclic) bond motifs is 8. The maximum absolute atomic E-state index is 6.96. The molecule has 0 saturated heterocycles. The van der Waals surface area contributed by atoms with E-state index in [0.29, 0.717) is 11.6 Å². The zero-order chi connectivity index (χ0) is 68.6. The smallest absolute Gasteiger partial charge is 0.161 e. The van der Waals surface area contributed by atoms with Crippen molar-refractivity contribution in [3.63, 3.8) is 0 Å². The molecule has 0 unspecified atom stereocenters. The lowest BCUT2D eigenvalue weighted by atomic mass is 9.97. The number of furan rings is 2. The number of nitrogens with zero attached hydrogens (tertiary/aromatic N) is 6. The summed E-state index contributed by atoms with van der Waals surface area (Å²) in [5.41, 5.74) is 27.0. The van der Waals surface area contributed by atoms with E-state index in [0.717, 1.165) is 197 Å². The van der Waals surface area contributed by atoms with Crippen molar-refractivity contribution in [1.29, 1.82) is 0 Å². The molecule has 10 heteroatoms. The molecule has 0 amide bonds. The fourth-order valence-electron chi connectivity index (χ4n) is 14.5. The lowest BCUT2D eigenvalue weighted by Gasteiger charge is -2.12. The first-order valence-electron chi connectivity index (χ1n) is 34.6. The minimum absolute atomic E-state index is 0.603. The Bertz CT molecular complexity index is 6690. The van der Waals surface area contributed by atoms with Gasteiger partial charge in [0.1, 0.15) is 32.3 Å². The molecule has 104 heavy (non-hydrogen) atoms. The van der Waals surface area contributed by atoms with Crippen molar-refractivity contribution in [2.24, 2.45) is 0 Å². The molecule has 0 aliphatic heterocycles. The molecule has 0 N–H and O–H groups in total. The number of para-hydroxylation sites is 3. The quantitative estimate of drug-likeness (QED) is 0.112. The molecule has 14 aromatic carbocycles. The Morgan fingerprint density at radius 2 is 0.577 bits per heavy atom. The Labute approximate surface area is 605 Å². The van der Waals surface area contributed by atoms with Crippen LogP contribution < -0.4 is 0 Å². The first-order valence-corrected chi connectivity index (χ1v) is 36.2. The predicted octanol–water partition coefficient (Wildman–Crippen LogP) is 26.0. The van der Waals surface area contributed by atoms with Gasteiger partial charge in [-0.3, -0.25) is 0 Å². The third-order valence-electron chi connectivity index (χ3n) is 19.6. The SMILES string of the molecule is c1ccc(-c2ccc(-c3cc(-c4cccc5oc6c(-c7nc8ccc(-c9cccc(-c%10cccc(-c%11cc(-c%12ccc(-c%13ccccc%13)cc%12)nc(-c%12cccc%13oc%14c(-c%15nc%16ccccc%16s%15)cccc%14c%12%13)n%11)c%10)c9)cc8s7)cccc6c45)nc(-c4cccc(-c5ccccc5)c4)n3)cc2)cc1. The third kappa shape index (κ3) is 11.0. The van der Waals surface area contributed by atoms with Crippen LogP contribution in [0.1, 0.15) is 0 Å². The molecule has 20 rings (SSSR count). The molecule has 0 atom stereocenters. The molecule has 8 nitrogen and oxygen atoms in total. The van der Waals surface area contributed by atoms with Crippen LogP contribution in [0.3, 0.4) is 0 Å². The highest BCUT2D eigenvalue weighted by molar-refractivity contribution is 7.22. The van der Waals surface area contributed by atoms with Crippen LogP contribution in [0.15, 0.2) is 349 Å².